The van der Waals surface area contributed by atoms with Crippen molar-refractivity contribution in [3.05, 3.63) is 84.1 Å². The maximum atomic E-state index is 15.2. The first-order valence-electron chi connectivity index (χ1n) is 12.3. The van der Waals surface area contributed by atoms with Crippen LogP contribution >= 0.6 is 0 Å². The molecule has 174 valence electrons. The lowest BCUT2D eigenvalue weighted by molar-refractivity contribution is 0.631. The van der Waals surface area contributed by atoms with Crippen molar-refractivity contribution in [1.29, 1.82) is 0 Å². The van der Waals surface area contributed by atoms with E-state index in [4.69, 9.17) is 4.99 Å². The van der Waals surface area contributed by atoms with Crippen molar-refractivity contribution < 1.29 is 4.39 Å². The van der Waals surface area contributed by atoms with Gasteiger partial charge in [0.05, 0.1) is 17.6 Å². The lowest BCUT2D eigenvalue weighted by atomic mass is 9.91. The second-order valence-corrected chi connectivity index (χ2v) is 10.1. The van der Waals surface area contributed by atoms with Gasteiger partial charge in [-0.15, -0.1) is 0 Å². The predicted octanol–water partition coefficient (Wildman–Crippen LogP) is 8.60. The molecule has 3 nitrogen and oxygen atoms in total. The molecule has 0 aliphatic carbocycles. The molecular formula is C31H28FN3. The molecule has 35 heavy (non-hydrogen) atoms. The summed E-state index contributed by atoms with van der Waals surface area (Å²) in [5.41, 5.74) is 6.76. The van der Waals surface area contributed by atoms with Gasteiger partial charge < -0.3 is 4.98 Å². The van der Waals surface area contributed by atoms with Crippen molar-refractivity contribution in [1.82, 2.24) is 9.97 Å². The predicted molar refractivity (Wildman–Crippen MR) is 144 cm³/mol. The number of nitrogens with one attached hydrogen (secondary N) is 1. The summed E-state index contributed by atoms with van der Waals surface area (Å²) in [6.07, 6.45) is 2.60. The number of benzene rings is 4. The van der Waals surface area contributed by atoms with E-state index >= 15 is 4.39 Å². The number of halogens is 1. The third-order valence-corrected chi connectivity index (χ3v) is 7.12. The van der Waals surface area contributed by atoms with Gasteiger partial charge in [-0.3, -0.25) is 4.99 Å². The molecule has 1 N–H and O–H groups in total. The zero-order valence-electron chi connectivity index (χ0n) is 20.5. The van der Waals surface area contributed by atoms with Gasteiger partial charge in [0.15, 0.2) is 0 Å². The van der Waals surface area contributed by atoms with Gasteiger partial charge >= 0.3 is 0 Å². The molecule has 0 saturated heterocycles. The number of imidazole rings is 1. The molecule has 1 aromatic heterocycles. The normalized spacial score (nSPS) is 13.3. The lowest BCUT2D eigenvalue weighted by Gasteiger charge is -2.13. The summed E-state index contributed by atoms with van der Waals surface area (Å²) in [6, 6.07) is 20.4. The highest BCUT2D eigenvalue weighted by Crippen LogP contribution is 2.43. The van der Waals surface area contributed by atoms with Crippen molar-refractivity contribution in [3.63, 3.8) is 0 Å². The molecule has 0 atom stereocenters. The Balaban J connectivity index is 1.47. The SMILES string of the molecule is CC(C)C1=Nc2c(c3ccc(-c4ccc(-c5cnc(C(C)C)[nH]5)c(F)c4)cc3c3ccccc23)C1. The van der Waals surface area contributed by atoms with Gasteiger partial charge in [-0.2, -0.15) is 0 Å². The number of nitrogens with zero attached hydrogens (tertiary/aromatic N) is 2. The second kappa shape index (κ2) is 8.16. The summed E-state index contributed by atoms with van der Waals surface area (Å²) in [7, 11) is 0. The Morgan fingerprint density at radius 2 is 1.54 bits per heavy atom. The van der Waals surface area contributed by atoms with Gasteiger partial charge in [0.2, 0.25) is 0 Å². The van der Waals surface area contributed by atoms with Crippen molar-refractivity contribution in [2.24, 2.45) is 10.9 Å². The first-order valence-corrected chi connectivity index (χ1v) is 12.3. The smallest absolute Gasteiger partial charge is 0.133 e. The van der Waals surface area contributed by atoms with Crippen LogP contribution in [0.3, 0.4) is 0 Å². The van der Waals surface area contributed by atoms with Crippen LogP contribution in [0.15, 0.2) is 71.9 Å². The minimum Gasteiger partial charge on any atom is -0.342 e. The molecule has 0 saturated carbocycles. The summed E-state index contributed by atoms with van der Waals surface area (Å²) < 4.78 is 15.2. The number of aromatic nitrogens is 2. The van der Waals surface area contributed by atoms with Gasteiger partial charge in [0.1, 0.15) is 11.6 Å². The standard InChI is InChI=1S/C31H28FN3/c1-17(2)28-15-26-22-11-9-19(13-25(22)21-7-5-6-8-23(21)30(26)34-28)20-10-12-24(27(32)14-20)29-16-33-31(35-29)18(3)4/h5-14,16-18H,15H2,1-4H3,(H,33,35). The Kier molecular flexibility index (Phi) is 5.06. The molecule has 0 fully saturated rings. The van der Waals surface area contributed by atoms with Crippen molar-refractivity contribution in [2.45, 2.75) is 40.0 Å². The fourth-order valence-corrected chi connectivity index (χ4v) is 5.11. The Labute approximate surface area is 204 Å². The van der Waals surface area contributed by atoms with Crippen LogP contribution in [-0.2, 0) is 6.42 Å². The molecule has 1 aliphatic rings. The molecule has 0 spiro atoms. The molecule has 4 aromatic carbocycles. The van der Waals surface area contributed by atoms with Crippen LogP contribution in [0, 0.1) is 11.7 Å². The van der Waals surface area contributed by atoms with Crippen LogP contribution in [0.25, 0.3) is 43.9 Å². The molecule has 0 bridgehead atoms. The third-order valence-electron chi connectivity index (χ3n) is 7.12. The molecule has 1 aliphatic heterocycles. The minimum atomic E-state index is -0.254. The van der Waals surface area contributed by atoms with E-state index in [0.29, 0.717) is 17.2 Å². The quantitative estimate of drug-likeness (QED) is 0.267. The molecule has 4 heteroatoms. The average Bonchev–Trinajstić information content (AvgIpc) is 3.52. The largest absolute Gasteiger partial charge is 0.342 e. The van der Waals surface area contributed by atoms with E-state index in [2.05, 4.69) is 80.1 Å². The van der Waals surface area contributed by atoms with E-state index in [-0.39, 0.29) is 11.7 Å². The summed E-state index contributed by atoms with van der Waals surface area (Å²) in [6.45, 7) is 8.55. The zero-order chi connectivity index (χ0) is 24.3. The number of aliphatic imine (C=N–C) groups is 1. The summed E-state index contributed by atoms with van der Waals surface area (Å²) in [4.78, 5) is 12.7. The van der Waals surface area contributed by atoms with E-state index in [1.807, 2.05) is 12.1 Å². The fraction of sp³-hybridized carbons (Fsp3) is 0.226. The molecule has 0 radical (unpaired) electrons. The van der Waals surface area contributed by atoms with Crippen LogP contribution in [0.2, 0.25) is 0 Å². The van der Waals surface area contributed by atoms with E-state index < -0.39 is 0 Å². The molecule has 5 aromatic rings. The number of hydrogen-bond donors (Lipinski definition) is 1. The summed E-state index contributed by atoms with van der Waals surface area (Å²) in [5.74, 6) is 1.29. The van der Waals surface area contributed by atoms with E-state index in [0.717, 1.165) is 29.1 Å². The zero-order valence-corrected chi connectivity index (χ0v) is 20.5. The van der Waals surface area contributed by atoms with Crippen LogP contribution in [0.5, 0.6) is 0 Å². The Hall–Kier alpha value is -3.79. The first-order chi connectivity index (χ1) is 16.9. The van der Waals surface area contributed by atoms with Crippen LogP contribution in [-0.4, -0.2) is 15.7 Å². The molecule has 0 amide bonds. The van der Waals surface area contributed by atoms with Crippen LogP contribution in [0.1, 0.15) is 45.0 Å². The van der Waals surface area contributed by atoms with Gasteiger partial charge in [-0.05, 0) is 57.0 Å². The number of H-pyrrole nitrogens is 1. The molecule has 6 rings (SSSR count). The monoisotopic (exact) mass is 461 g/mol. The number of hydrogen-bond acceptors (Lipinski definition) is 2. The van der Waals surface area contributed by atoms with Crippen LogP contribution in [0.4, 0.5) is 10.1 Å². The van der Waals surface area contributed by atoms with Gasteiger partial charge in [-0.1, -0.05) is 70.2 Å². The Bertz CT molecular complexity index is 1640. The lowest BCUT2D eigenvalue weighted by Crippen LogP contribution is -2.06. The maximum Gasteiger partial charge on any atom is 0.133 e. The molecule has 2 heterocycles. The van der Waals surface area contributed by atoms with Crippen molar-refractivity contribution in [2.75, 3.05) is 0 Å². The molecular weight excluding hydrogens is 433 g/mol. The van der Waals surface area contributed by atoms with Gasteiger partial charge in [0.25, 0.3) is 0 Å². The highest BCUT2D eigenvalue weighted by atomic mass is 19.1. The Morgan fingerprint density at radius 1 is 0.800 bits per heavy atom. The minimum absolute atomic E-state index is 0.254. The first kappa shape index (κ1) is 21.7. The van der Waals surface area contributed by atoms with E-state index in [1.165, 1.54) is 32.8 Å². The number of rotatable bonds is 4. The topological polar surface area (TPSA) is 41.0 Å². The molecule has 0 unspecified atom stereocenters. The highest BCUT2D eigenvalue weighted by molar-refractivity contribution is 6.18. The fourth-order valence-electron chi connectivity index (χ4n) is 5.11. The summed E-state index contributed by atoms with van der Waals surface area (Å²) in [5, 5.41) is 4.80. The average molecular weight is 462 g/mol. The maximum absolute atomic E-state index is 15.2. The van der Waals surface area contributed by atoms with Gasteiger partial charge in [0, 0.05) is 29.0 Å². The van der Waals surface area contributed by atoms with Crippen molar-refractivity contribution in [3.8, 4) is 22.4 Å². The van der Waals surface area contributed by atoms with Gasteiger partial charge in [-0.25, -0.2) is 9.37 Å². The number of fused-ring (bicyclic) bond motifs is 6. The van der Waals surface area contributed by atoms with Crippen molar-refractivity contribution >= 4 is 32.9 Å². The van der Waals surface area contributed by atoms with E-state index in [1.54, 1.807) is 12.3 Å². The highest BCUT2D eigenvalue weighted by Gasteiger charge is 2.23. The third kappa shape index (κ3) is 3.56. The second-order valence-electron chi connectivity index (χ2n) is 10.1. The summed E-state index contributed by atoms with van der Waals surface area (Å²) >= 11 is 0. The van der Waals surface area contributed by atoms with E-state index in [9.17, 15) is 0 Å². The number of aromatic amines is 1. The van der Waals surface area contributed by atoms with Crippen LogP contribution < -0.4 is 0 Å². The Morgan fingerprint density at radius 3 is 2.26 bits per heavy atom.